The summed E-state index contributed by atoms with van der Waals surface area (Å²) in [5, 5.41) is 0. The fourth-order valence-electron chi connectivity index (χ4n) is 0.859. The van der Waals surface area contributed by atoms with Gasteiger partial charge in [-0.1, -0.05) is 0 Å². The summed E-state index contributed by atoms with van der Waals surface area (Å²) in [4.78, 5) is 21.8. The van der Waals surface area contributed by atoms with Crippen molar-refractivity contribution in [2.24, 2.45) is 5.73 Å². The molecule has 6 heteroatoms. The van der Waals surface area contributed by atoms with Crippen molar-refractivity contribution in [1.82, 2.24) is 3.13 Å². The van der Waals surface area contributed by atoms with Crippen molar-refractivity contribution >= 4 is 37.9 Å². The van der Waals surface area contributed by atoms with E-state index in [9.17, 15) is 9.59 Å². The molecule has 3 N–H and O–H groups in total. The molecular weight excluding hydrogens is 388 g/mol. The van der Waals surface area contributed by atoms with Gasteiger partial charge in [0.1, 0.15) is 0 Å². The van der Waals surface area contributed by atoms with Crippen LogP contribution in [0.2, 0.25) is 0 Å². The number of ether oxygens (including phenoxy) is 1. The Hall–Kier alpha value is -0.438. The first-order valence-electron chi connectivity index (χ1n) is 4.70. The van der Waals surface area contributed by atoms with Gasteiger partial charge in [-0.2, -0.15) is 0 Å². The van der Waals surface area contributed by atoms with E-state index in [1.807, 2.05) is 0 Å². The Morgan fingerprint density at radius 1 is 1.60 bits per heavy atom. The average molecular weight is 404 g/mol. The summed E-state index contributed by atoms with van der Waals surface area (Å²) >= 11 is 0.466. The Morgan fingerprint density at radius 2 is 2.27 bits per heavy atom. The minimum absolute atomic E-state index is 0.0139. The van der Waals surface area contributed by atoms with Crippen LogP contribution in [0.15, 0.2) is 12.2 Å². The van der Waals surface area contributed by atoms with Crippen molar-refractivity contribution in [3.63, 3.8) is 0 Å². The molecule has 82 valence electrons. The topological polar surface area (TPSA) is 81.4 Å². The van der Waals surface area contributed by atoms with Crippen molar-refractivity contribution in [3.8, 4) is 0 Å². The van der Waals surface area contributed by atoms with E-state index < -0.39 is 5.97 Å². The van der Waals surface area contributed by atoms with Crippen LogP contribution in [0.25, 0.3) is 0 Å². The van der Waals surface area contributed by atoms with E-state index in [0.29, 0.717) is 45.5 Å². The van der Waals surface area contributed by atoms with Gasteiger partial charge < -0.3 is 0 Å². The molecule has 0 aromatic carbocycles. The standard InChI is InChI=1S/C9H16N2O3.Tl/c1-2-14-9(13)6-4-7(10)3-5-8(11)12;/h4,6-7H,2-3,5,10H2,1H3,(H2,11,12);/q;+1/p-1/b6-4+;/t7-;/m0./s1. The monoisotopic (exact) mass is 404 g/mol. The number of rotatable bonds is 6. The molecule has 0 spiro atoms. The Bertz CT molecular complexity index is 244. The van der Waals surface area contributed by atoms with Crippen LogP contribution < -0.4 is 8.86 Å². The summed E-state index contributed by atoms with van der Waals surface area (Å²) < 4.78 is 7.35. The molecule has 0 aromatic rings. The SMILES string of the molecule is CCOC(=O)/C=C/[C@@H](N)CCC(=O)[NH][Tl]. The van der Waals surface area contributed by atoms with Gasteiger partial charge in [0.2, 0.25) is 0 Å². The third kappa shape index (κ3) is 8.55. The summed E-state index contributed by atoms with van der Waals surface area (Å²) in [6.07, 6.45) is 3.79. The Labute approximate surface area is 106 Å². The zero-order valence-electron chi connectivity index (χ0n) is 8.73. The van der Waals surface area contributed by atoms with Gasteiger partial charge in [0.25, 0.3) is 0 Å². The van der Waals surface area contributed by atoms with Gasteiger partial charge in [-0.15, -0.1) is 0 Å². The number of hydrogen-bond donors (Lipinski definition) is 2. The van der Waals surface area contributed by atoms with Gasteiger partial charge >= 0.3 is 106 Å². The van der Waals surface area contributed by atoms with Crippen molar-refractivity contribution in [2.75, 3.05) is 6.61 Å². The van der Waals surface area contributed by atoms with E-state index in [-0.39, 0.29) is 11.9 Å². The third-order valence-electron chi connectivity index (χ3n) is 1.63. The van der Waals surface area contributed by atoms with E-state index in [2.05, 4.69) is 7.86 Å². The molecule has 0 unspecified atom stereocenters. The number of amides is 1. The van der Waals surface area contributed by atoms with Gasteiger partial charge in [0.15, 0.2) is 0 Å². The zero-order valence-corrected chi connectivity index (χ0v) is 13.2. The van der Waals surface area contributed by atoms with E-state index >= 15 is 0 Å². The summed E-state index contributed by atoms with van der Waals surface area (Å²) in [5.41, 5.74) is 5.66. The van der Waals surface area contributed by atoms with Crippen LogP contribution in [0.3, 0.4) is 0 Å². The van der Waals surface area contributed by atoms with Crippen LogP contribution in [0.1, 0.15) is 19.8 Å². The molecule has 0 rings (SSSR count). The van der Waals surface area contributed by atoms with Crippen LogP contribution in [0.4, 0.5) is 0 Å². The molecule has 0 radical (unpaired) electrons. The van der Waals surface area contributed by atoms with Gasteiger partial charge in [0, 0.05) is 0 Å². The molecule has 0 heterocycles. The predicted octanol–water partition coefficient (Wildman–Crippen LogP) is -0.587. The molecule has 0 aromatic heterocycles. The molecule has 15 heavy (non-hydrogen) atoms. The summed E-state index contributed by atoms with van der Waals surface area (Å²) in [6, 6.07) is -0.281. The van der Waals surface area contributed by atoms with Crippen LogP contribution in [-0.4, -0.2) is 50.6 Å². The van der Waals surface area contributed by atoms with Gasteiger partial charge in [-0.25, -0.2) is 0 Å². The molecule has 0 saturated heterocycles. The maximum absolute atomic E-state index is 10.9. The summed E-state index contributed by atoms with van der Waals surface area (Å²) in [5.74, 6) is -0.387. The molecule has 0 aliphatic rings. The summed E-state index contributed by atoms with van der Waals surface area (Å²) in [6.45, 7) is 2.09. The van der Waals surface area contributed by atoms with Crippen molar-refractivity contribution in [3.05, 3.63) is 12.2 Å². The molecule has 1 amide bonds. The normalized spacial score (nSPS) is 12.3. The van der Waals surface area contributed by atoms with Gasteiger partial charge in [0.05, 0.1) is 0 Å². The maximum atomic E-state index is 10.9. The van der Waals surface area contributed by atoms with Crippen molar-refractivity contribution < 1.29 is 14.3 Å². The molecule has 1 atom stereocenters. The fraction of sp³-hybridized carbons (Fsp3) is 0.556. The zero-order chi connectivity index (χ0) is 11.7. The molecule has 0 fully saturated rings. The molecule has 0 aliphatic heterocycles. The molecule has 5 nitrogen and oxygen atoms in total. The first-order valence-corrected chi connectivity index (χ1v) is 6.94. The van der Waals surface area contributed by atoms with Crippen molar-refractivity contribution in [1.29, 1.82) is 0 Å². The fourth-order valence-corrected chi connectivity index (χ4v) is 1.42. The number of carbonyl (C=O) groups is 2. The minimum atomic E-state index is -0.401. The third-order valence-corrected chi connectivity index (χ3v) is 2.88. The van der Waals surface area contributed by atoms with Gasteiger partial charge in [-0.3, -0.25) is 0 Å². The van der Waals surface area contributed by atoms with Crippen LogP contribution >= 0.6 is 0 Å². The van der Waals surface area contributed by atoms with E-state index in [1.165, 1.54) is 6.08 Å². The first-order chi connectivity index (χ1) is 7.10. The Balaban J connectivity index is 3.77. The van der Waals surface area contributed by atoms with E-state index in [0.717, 1.165) is 0 Å². The van der Waals surface area contributed by atoms with Gasteiger partial charge in [-0.05, 0) is 0 Å². The van der Waals surface area contributed by atoms with Crippen LogP contribution in [-0.2, 0) is 14.3 Å². The quantitative estimate of drug-likeness (QED) is 0.353. The second-order valence-corrected chi connectivity index (χ2v) is 4.00. The molecule has 0 saturated carbocycles. The Morgan fingerprint density at radius 3 is 2.80 bits per heavy atom. The number of nitrogens with one attached hydrogen (secondary N) is 1. The first kappa shape index (κ1) is 14.6. The number of nitrogens with two attached hydrogens (primary N) is 1. The number of hydrogen-bond acceptors (Lipinski definition) is 4. The second kappa shape index (κ2) is 8.84. The average Bonchev–Trinajstić information content (AvgIpc) is 2.23. The van der Waals surface area contributed by atoms with E-state index in [4.69, 9.17) is 5.73 Å². The molecular formula is C9H15N2O3Tl. The second-order valence-electron chi connectivity index (χ2n) is 2.88. The van der Waals surface area contributed by atoms with Crippen LogP contribution in [0.5, 0.6) is 0 Å². The van der Waals surface area contributed by atoms with Crippen molar-refractivity contribution in [2.45, 2.75) is 25.8 Å². The van der Waals surface area contributed by atoms with Crippen LogP contribution in [0, 0.1) is 0 Å². The summed E-state index contributed by atoms with van der Waals surface area (Å²) in [7, 11) is 0. The molecule has 0 bridgehead atoms. The van der Waals surface area contributed by atoms with E-state index in [1.54, 1.807) is 13.0 Å². The molecule has 0 aliphatic carbocycles. The Kier molecular flexibility index (Phi) is 8.58. The number of carbonyl (C=O) groups excluding carboxylic acids is 2. The number of esters is 1. The predicted molar refractivity (Wildman–Crippen MR) is 56.9 cm³/mol.